The van der Waals surface area contributed by atoms with Crippen LogP contribution in [-0.2, 0) is 0 Å². The van der Waals surface area contributed by atoms with Crippen molar-refractivity contribution in [1.29, 1.82) is 0 Å². The van der Waals surface area contributed by atoms with Crippen molar-refractivity contribution in [2.24, 2.45) is 0 Å². The molecule has 0 radical (unpaired) electrons. The zero-order valence-electron chi connectivity index (χ0n) is 7.72. The Labute approximate surface area is 70.9 Å². The van der Waals surface area contributed by atoms with Crippen molar-refractivity contribution < 1.29 is 25.4 Å². The molecule has 0 atom stereocenters. The SMILES string of the molecule is CCN(CC)CCO.[H-].[Li+]. The Morgan fingerprint density at radius 3 is 1.89 bits per heavy atom. The van der Waals surface area contributed by atoms with E-state index < -0.39 is 0 Å². The summed E-state index contributed by atoms with van der Waals surface area (Å²) in [5, 5.41) is 8.46. The third kappa shape index (κ3) is 6.40. The molecule has 0 unspecified atom stereocenters. The van der Waals surface area contributed by atoms with Crippen LogP contribution in [0.5, 0.6) is 0 Å². The van der Waals surface area contributed by atoms with Crippen LogP contribution in [0.4, 0.5) is 0 Å². The molecule has 0 amide bonds. The number of likely N-dealkylation sites (N-methyl/N-ethyl adjacent to an activating group) is 1. The first-order valence-corrected chi connectivity index (χ1v) is 3.18. The topological polar surface area (TPSA) is 23.5 Å². The van der Waals surface area contributed by atoms with Crippen LogP contribution in [0.25, 0.3) is 0 Å². The minimum absolute atomic E-state index is 0. The minimum atomic E-state index is 0. The Kier molecular flexibility index (Phi) is 11.6. The van der Waals surface area contributed by atoms with Crippen molar-refractivity contribution in [1.82, 2.24) is 4.90 Å². The molecule has 0 aromatic heterocycles. The summed E-state index contributed by atoms with van der Waals surface area (Å²) < 4.78 is 0. The molecule has 0 aliphatic heterocycles. The zero-order valence-corrected chi connectivity index (χ0v) is 6.72. The maximum Gasteiger partial charge on any atom is 1.00 e. The molecular weight excluding hydrogens is 109 g/mol. The van der Waals surface area contributed by atoms with E-state index in [1.54, 1.807) is 0 Å². The first-order chi connectivity index (χ1) is 3.85. The minimum Gasteiger partial charge on any atom is -1.00 e. The van der Waals surface area contributed by atoms with E-state index in [1.807, 2.05) is 0 Å². The average Bonchev–Trinajstić information content (AvgIpc) is 1.83. The number of aliphatic hydroxyl groups is 1. The van der Waals surface area contributed by atoms with Crippen molar-refractivity contribution in [3.63, 3.8) is 0 Å². The first-order valence-electron chi connectivity index (χ1n) is 3.18. The smallest absolute Gasteiger partial charge is 1.00 e. The van der Waals surface area contributed by atoms with Gasteiger partial charge >= 0.3 is 18.9 Å². The van der Waals surface area contributed by atoms with E-state index in [2.05, 4.69) is 18.7 Å². The molecule has 0 rings (SSSR count). The Morgan fingerprint density at radius 1 is 1.33 bits per heavy atom. The third-order valence-corrected chi connectivity index (χ3v) is 1.31. The van der Waals surface area contributed by atoms with E-state index in [4.69, 9.17) is 5.11 Å². The summed E-state index contributed by atoms with van der Waals surface area (Å²) in [5.74, 6) is 0. The van der Waals surface area contributed by atoms with Gasteiger partial charge in [0.1, 0.15) is 0 Å². The monoisotopic (exact) mass is 125 g/mol. The van der Waals surface area contributed by atoms with Crippen LogP contribution in [0.2, 0.25) is 0 Å². The Morgan fingerprint density at radius 2 is 1.78 bits per heavy atom. The van der Waals surface area contributed by atoms with E-state index in [1.165, 1.54) is 0 Å². The molecule has 0 aromatic carbocycles. The molecule has 9 heavy (non-hydrogen) atoms. The molecule has 0 saturated heterocycles. The molecule has 0 aromatic rings. The predicted molar refractivity (Wildman–Crippen MR) is 36.0 cm³/mol. The number of hydrogen-bond donors (Lipinski definition) is 1. The zero-order chi connectivity index (χ0) is 6.41. The van der Waals surface area contributed by atoms with Gasteiger partial charge < -0.3 is 11.4 Å². The molecule has 3 heteroatoms. The summed E-state index contributed by atoms with van der Waals surface area (Å²) in [6, 6.07) is 0. The van der Waals surface area contributed by atoms with Gasteiger partial charge in [-0.2, -0.15) is 0 Å². The van der Waals surface area contributed by atoms with Gasteiger partial charge in [-0.3, -0.25) is 0 Å². The summed E-state index contributed by atoms with van der Waals surface area (Å²) in [5.41, 5.74) is 0. The van der Waals surface area contributed by atoms with E-state index in [0.717, 1.165) is 19.6 Å². The van der Waals surface area contributed by atoms with E-state index in [0.29, 0.717) is 0 Å². The molecule has 0 aliphatic rings. The molecular formula is C6H16LiNO. The fraction of sp³-hybridized carbons (Fsp3) is 1.00. The molecule has 0 heterocycles. The number of hydrogen-bond acceptors (Lipinski definition) is 2. The van der Waals surface area contributed by atoms with Gasteiger partial charge in [-0.15, -0.1) is 0 Å². The van der Waals surface area contributed by atoms with Crippen LogP contribution in [0, 0.1) is 0 Å². The van der Waals surface area contributed by atoms with Crippen LogP contribution in [0.15, 0.2) is 0 Å². The Bertz CT molecular complexity index is 53.0. The summed E-state index contributed by atoms with van der Waals surface area (Å²) in [6.07, 6.45) is 0. The largest absolute Gasteiger partial charge is 1.00 e. The van der Waals surface area contributed by atoms with Gasteiger partial charge in [0.05, 0.1) is 6.61 Å². The molecule has 0 aliphatic carbocycles. The van der Waals surface area contributed by atoms with Crippen LogP contribution in [-0.4, -0.2) is 36.2 Å². The van der Waals surface area contributed by atoms with Crippen molar-refractivity contribution in [2.75, 3.05) is 26.2 Å². The second-order valence-electron chi connectivity index (χ2n) is 1.75. The van der Waals surface area contributed by atoms with Crippen molar-refractivity contribution in [3.05, 3.63) is 0 Å². The number of nitrogens with zero attached hydrogens (tertiary/aromatic N) is 1. The Balaban J connectivity index is -0.000000245. The van der Waals surface area contributed by atoms with Gasteiger partial charge in [0.2, 0.25) is 0 Å². The molecule has 0 fully saturated rings. The standard InChI is InChI=1S/C6H15NO.Li.H/c1-3-7(4-2)5-6-8;;/h8H,3-6H2,1-2H3;;/q;+1;-1. The van der Waals surface area contributed by atoms with Gasteiger partial charge in [-0.1, -0.05) is 13.8 Å². The van der Waals surface area contributed by atoms with Crippen LogP contribution < -0.4 is 18.9 Å². The van der Waals surface area contributed by atoms with Crippen molar-refractivity contribution >= 4 is 0 Å². The second-order valence-corrected chi connectivity index (χ2v) is 1.75. The van der Waals surface area contributed by atoms with E-state index in [-0.39, 0.29) is 26.9 Å². The van der Waals surface area contributed by atoms with E-state index >= 15 is 0 Å². The summed E-state index contributed by atoms with van der Waals surface area (Å²) in [6.45, 7) is 7.36. The van der Waals surface area contributed by atoms with E-state index in [9.17, 15) is 0 Å². The fourth-order valence-corrected chi connectivity index (χ4v) is 0.681. The first kappa shape index (κ1) is 12.2. The van der Waals surface area contributed by atoms with Gasteiger partial charge in [0, 0.05) is 6.54 Å². The second kappa shape index (κ2) is 8.52. The third-order valence-electron chi connectivity index (χ3n) is 1.31. The molecule has 0 saturated carbocycles. The molecule has 0 bridgehead atoms. The Hall–Kier alpha value is 0.517. The number of aliphatic hydroxyl groups excluding tert-OH is 1. The van der Waals surface area contributed by atoms with Crippen LogP contribution in [0.3, 0.4) is 0 Å². The van der Waals surface area contributed by atoms with Crippen LogP contribution in [0.1, 0.15) is 15.3 Å². The quantitative estimate of drug-likeness (QED) is 0.418. The molecule has 1 N–H and O–H groups in total. The summed E-state index contributed by atoms with van der Waals surface area (Å²) in [4.78, 5) is 2.18. The predicted octanol–water partition coefficient (Wildman–Crippen LogP) is -2.56. The summed E-state index contributed by atoms with van der Waals surface area (Å²) >= 11 is 0. The molecule has 52 valence electrons. The molecule has 0 spiro atoms. The maximum atomic E-state index is 8.46. The average molecular weight is 125 g/mol. The van der Waals surface area contributed by atoms with Gasteiger partial charge in [-0.25, -0.2) is 0 Å². The van der Waals surface area contributed by atoms with Crippen molar-refractivity contribution in [3.8, 4) is 0 Å². The van der Waals surface area contributed by atoms with Crippen LogP contribution >= 0.6 is 0 Å². The van der Waals surface area contributed by atoms with Gasteiger partial charge in [0.15, 0.2) is 0 Å². The maximum absolute atomic E-state index is 8.46. The van der Waals surface area contributed by atoms with Gasteiger partial charge in [-0.05, 0) is 13.1 Å². The van der Waals surface area contributed by atoms with Gasteiger partial charge in [0.25, 0.3) is 0 Å². The summed E-state index contributed by atoms with van der Waals surface area (Å²) in [7, 11) is 0. The van der Waals surface area contributed by atoms with Crippen molar-refractivity contribution in [2.45, 2.75) is 13.8 Å². The number of rotatable bonds is 4. The fourth-order valence-electron chi connectivity index (χ4n) is 0.681. The normalized spacial score (nSPS) is 9.33. The molecule has 2 nitrogen and oxygen atoms in total.